The smallest absolute Gasteiger partial charge is 0.413 e. The summed E-state index contributed by atoms with van der Waals surface area (Å²) in [5, 5.41) is 14.1. The Kier molecular flexibility index (Phi) is 5.47. The van der Waals surface area contributed by atoms with Crippen molar-refractivity contribution in [1.82, 2.24) is 9.97 Å². The second kappa shape index (κ2) is 8.12. The molecule has 4 aliphatic rings. The van der Waals surface area contributed by atoms with Crippen molar-refractivity contribution >= 4 is 23.5 Å². The number of fused-ring (bicyclic) bond motifs is 5. The van der Waals surface area contributed by atoms with Crippen molar-refractivity contribution in [3.8, 4) is 0 Å². The van der Waals surface area contributed by atoms with Gasteiger partial charge in [-0.15, -0.1) is 0 Å². The van der Waals surface area contributed by atoms with Crippen LogP contribution in [0.2, 0.25) is 0 Å². The first-order valence-corrected chi connectivity index (χ1v) is 12.1. The summed E-state index contributed by atoms with van der Waals surface area (Å²) >= 11 is 0. The molecule has 0 aliphatic heterocycles. The number of anilines is 1. The number of carbonyl (C=O) groups excluding carboxylic acids is 3. The standard InChI is InChI=1S/C26H31N3O5/c1-24-8-5-17(30)13-16(24)3-4-18-19(24)6-9-25(2)20(18)7-10-26(25,33)21(31)15-34-23(32)29-22-14-27-11-12-28-22/h5,8,11-14,18-20,33H,3-4,6-7,9-10,15H2,1-2H3,(H,28,29,32)/t18?,19?,20?,24?,25?,26-/m0/s1. The summed E-state index contributed by atoms with van der Waals surface area (Å²) < 4.78 is 5.14. The Morgan fingerprint density at radius 1 is 1.18 bits per heavy atom. The molecule has 1 heterocycles. The molecule has 5 unspecified atom stereocenters. The van der Waals surface area contributed by atoms with Crippen LogP contribution in [0, 0.1) is 28.6 Å². The number of Topliss-reactive ketones (excluding diaryl/α,β-unsaturated/α-hetero) is 1. The molecule has 4 aliphatic carbocycles. The molecule has 8 nitrogen and oxygen atoms in total. The molecule has 34 heavy (non-hydrogen) atoms. The van der Waals surface area contributed by atoms with Gasteiger partial charge in [0.1, 0.15) is 5.60 Å². The number of ketones is 2. The van der Waals surface area contributed by atoms with Crippen LogP contribution in [0.1, 0.15) is 52.4 Å². The molecule has 1 amide bonds. The van der Waals surface area contributed by atoms with Gasteiger partial charge in [0, 0.05) is 23.2 Å². The molecule has 2 N–H and O–H groups in total. The largest absolute Gasteiger partial charge is 0.441 e. The van der Waals surface area contributed by atoms with E-state index in [0.717, 1.165) is 32.1 Å². The predicted molar refractivity (Wildman–Crippen MR) is 124 cm³/mol. The maximum absolute atomic E-state index is 13.2. The Balaban J connectivity index is 1.29. The molecule has 6 atom stereocenters. The maximum Gasteiger partial charge on any atom is 0.413 e. The Bertz CT molecular complexity index is 1090. The zero-order valence-corrected chi connectivity index (χ0v) is 19.6. The van der Waals surface area contributed by atoms with Crippen LogP contribution < -0.4 is 5.32 Å². The van der Waals surface area contributed by atoms with Gasteiger partial charge in [0.25, 0.3) is 0 Å². The minimum absolute atomic E-state index is 0.0655. The fourth-order valence-corrected chi connectivity index (χ4v) is 7.43. The van der Waals surface area contributed by atoms with E-state index in [1.807, 2.05) is 13.0 Å². The molecule has 1 aromatic heterocycles. The second-order valence-corrected chi connectivity index (χ2v) is 10.7. The summed E-state index contributed by atoms with van der Waals surface area (Å²) in [6.45, 7) is 3.78. The molecule has 1 aromatic rings. The fraction of sp³-hybridized carbons (Fsp3) is 0.577. The Morgan fingerprint density at radius 2 is 1.97 bits per heavy atom. The Hall–Kier alpha value is -2.87. The van der Waals surface area contributed by atoms with Crippen LogP contribution in [0.4, 0.5) is 10.6 Å². The number of aromatic nitrogens is 2. The van der Waals surface area contributed by atoms with Crippen molar-refractivity contribution < 1.29 is 24.2 Å². The zero-order chi connectivity index (χ0) is 24.1. The van der Waals surface area contributed by atoms with Gasteiger partial charge in [-0.25, -0.2) is 9.78 Å². The predicted octanol–water partition coefficient (Wildman–Crippen LogP) is 3.63. The van der Waals surface area contributed by atoms with E-state index in [0.29, 0.717) is 18.3 Å². The molecule has 0 saturated heterocycles. The van der Waals surface area contributed by atoms with Crippen molar-refractivity contribution in [2.45, 2.75) is 58.0 Å². The lowest BCUT2D eigenvalue weighted by atomic mass is 9.47. The lowest BCUT2D eigenvalue weighted by Crippen LogP contribution is -2.58. The van der Waals surface area contributed by atoms with Crippen molar-refractivity contribution in [2.75, 3.05) is 11.9 Å². The van der Waals surface area contributed by atoms with Gasteiger partial charge in [-0.2, -0.15) is 0 Å². The monoisotopic (exact) mass is 465 g/mol. The topological polar surface area (TPSA) is 118 Å². The van der Waals surface area contributed by atoms with Gasteiger partial charge in [-0.1, -0.05) is 25.5 Å². The summed E-state index contributed by atoms with van der Waals surface area (Å²) in [6, 6.07) is 0. The molecule has 8 heteroatoms. The van der Waals surface area contributed by atoms with Crippen molar-refractivity contribution in [3.05, 3.63) is 42.4 Å². The summed E-state index contributed by atoms with van der Waals surface area (Å²) in [4.78, 5) is 45.1. The van der Waals surface area contributed by atoms with Gasteiger partial charge in [-0.05, 0) is 68.4 Å². The third-order valence-corrected chi connectivity index (χ3v) is 9.30. The van der Waals surface area contributed by atoms with Crippen molar-refractivity contribution in [2.24, 2.45) is 28.6 Å². The summed E-state index contributed by atoms with van der Waals surface area (Å²) in [7, 11) is 0. The van der Waals surface area contributed by atoms with E-state index in [1.165, 1.54) is 24.2 Å². The quantitative estimate of drug-likeness (QED) is 0.697. The minimum atomic E-state index is -1.52. The number of carbonyl (C=O) groups is 3. The molecule has 0 aromatic carbocycles. The first kappa shape index (κ1) is 22.9. The van der Waals surface area contributed by atoms with Crippen molar-refractivity contribution in [1.29, 1.82) is 0 Å². The van der Waals surface area contributed by atoms with Gasteiger partial charge in [0.15, 0.2) is 18.2 Å². The van der Waals surface area contributed by atoms with Crippen LogP contribution >= 0.6 is 0 Å². The van der Waals surface area contributed by atoms with Crippen LogP contribution in [0.5, 0.6) is 0 Å². The van der Waals surface area contributed by atoms with Crippen LogP contribution in [0.3, 0.4) is 0 Å². The first-order chi connectivity index (χ1) is 16.2. The zero-order valence-electron chi connectivity index (χ0n) is 19.6. The maximum atomic E-state index is 13.2. The van der Waals surface area contributed by atoms with E-state index in [9.17, 15) is 19.5 Å². The van der Waals surface area contributed by atoms with Crippen LogP contribution in [-0.4, -0.2) is 44.9 Å². The molecule has 3 fully saturated rings. The lowest BCUT2D eigenvalue weighted by Gasteiger charge is -2.57. The number of hydrogen-bond acceptors (Lipinski definition) is 7. The number of nitrogens with zero attached hydrogens (tertiary/aromatic N) is 2. The number of amides is 1. The SMILES string of the molecule is CC12C=CC(=O)C=C1CCC1C2CCC2(C)C1CC[C@]2(O)C(=O)COC(=O)Nc1cnccn1. The van der Waals surface area contributed by atoms with E-state index in [-0.39, 0.29) is 22.9 Å². The van der Waals surface area contributed by atoms with E-state index in [4.69, 9.17) is 4.74 Å². The summed E-state index contributed by atoms with van der Waals surface area (Å²) in [6.07, 6.45) is 13.7. The van der Waals surface area contributed by atoms with Crippen LogP contribution in [-0.2, 0) is 14.3 Å². The number of nitrogens with one attached hydrogen (secondary N) is 1. The highest BCUT2D eigenvalue weighted by molar-refractivity contribution is 6.01. The highest BCUT2D eigenvalue weighted by Crippen LogP contribution is 2.67. The van der Waals surface area contributed by atoms with E-state index >= 15 is 0 Å². The van der Waals surface area contributed by atoms with Gasteiger partial charge >= 0.3 is 6.09 Å². The van der Waals surface area contributed by atoms with Gasteiger partial charge in [0.05, 0.1) is 6.20 Å². The number of hydrogen-bond donors (Lipinski definition) is 2. The highest BCUT2D eigenvalue weighted by Gasteiger charge is 2.66. The van der Waals surface area contributed by atoms with E-state index in [2.05, 4.69) is 28.3 Å². The molecule has 5 rings (SSSR count). The first-order valence-electron chi connectivity index (χ1n) is 12.1. The third-order valence-electron chi connectivity index (χ3n) is 9.30. The summed E-state index contributed by atoms with van der Waals surface area (Å²) in [5.74, 6) is 0.815. The molecule has 3 saturated carbocycles. The average molecular weight is 466 g/mol. The normalized spacial score (nSPS) is 38.3. The Labute approximate surface area is 198 Å². The molecule has 0 spiro atoms. The van der Waals surface area contributed by atoms with Gasteiger partial charge in [0.2, 0.25) is 5.78 Å². The molecule has 180 valence electrons. The molecule has 0 bridgehead atoms. The van der Waals surface area contributed by atoms with Gasteiger partial charge in [-0.3, -0.25) is 19.9 Å². The van der Waals surface area contributed by atoms with E-state index in [1.54, 1.807) is 6.08 Å². The lowest BCUT2D eigenvalue weighted by molar-refractivity contribution is -0.163. The summed E-state index contributed by atoms with van der Waals surface area (Å²) in [5.41, 5.74) is -1.01. The van der Waals surface area contributed by atoms with Crippen molar-refractivity contribution in [3.63, 3.8) is 0 Å². The van der Waals surface area contributed by atoms with Gasteiger partial charge < -0.3 is 9.84 Å². The fourth-order valence-electron chi connectivity index (χ4n) is 7.43. The average Bonchev–Trinajstić information content (AvgIpc) is 3.10. The van der Waals surface area contributed by atoms with Crippen LogP contribution in [0.15, 0.2) is 42.4 Å². The molecule has 0 radical (unpaired) electrons. The minimum Gasteiger partial charge on any atom is -0.441 e. The highest BCUT2D eigenvalue weighted by atomic mass is 16.6. The van der Waals surface area contributed by atoms with E-state index < -0.39 is 29.5 Å². The number of allylic oxidation sites excluding steroid dienone is 4. The molecular weight excluding hydrogens is 434 g/mol. The third kappa shape index (κ3) is 3.42. The number of aliphatic hydroxyl groups is 1. The second-order valence-electron chi connectivity index (χ2n) is 10.7. The van der Waals surface area contributed by atoms with Crippen LogP contribution in [0.25, 0.3) is 0 Å². The Morgan fingerprint density at radius 3 is 2.74 bits per heavy atom. The number of ether oxygens (including phenoxy) is 1. The number of rotatable bonds is 4. The molecular formula is C26H31N3O5.